The van der Waals surface area contributed by atoms with Gasteiger partial charge in [-0.15, -0.1) is 0 Å². The third-order valence-electron chi connectivity index (χ3n) is 4.89. The van der Waals surface area contributed by atoms with Crippen molar-refractivity contribution in [2.24, 2.45) is 0 Å². The highest BCUT2D eigenvalue weighted by Gasteiger charge is 2.24. The Hall–Kier alpha value is -2.49. The van der Waals surface area contributed by atoms with Crippen LogP contribution < -0.4 is 9.47 Å². The molecule has 29 heavy (non-hydrogen) atoms. The van der Waals surface area contributed by atoms with Gasteiger partial charge in [0.15, 0.2) is 0 Å². The summed E-state index contributed by atoms with van der Waals surface area (Å²) in [5.74, 6) is 1.77. The Bertz CT molecular complexity index is 749. The normalized spacial score (nSPS) is 11.9. The van der Waals surface area contributed by atoms with Crippen molar-refractivity contribution in [2.75, 3.05) is 20.2 Å². The van der Waals surface area contributed by atoms with Gasteiger partial charge in [-0.25, -0.2) is 0 Å². The smallest absolute Gasteiger partial charge is 0.223 e. The molecular formula is C25H35NO3. The summed E-state index contributed by atoms with van der Waals surface area (Å²) < 4.78 is 11.4. The van der Waals surface area contributed by atoms with Gasteiger partial charge in [-0.05, 0) is 50.5 Å². The average Bonchev–Trinajstić information content (AvgIpc) is 2.72. The lowest BCUT2D eigenvalue weighted by atomic mass is 9.87. The van der Waals surface area contributed by atoms with E-state index >= 15 is 0 Å². The van der Waals surface area contributed by atoms with Crippen molar-refractivity contribution in [1.29, 1.82) is 0 Å². The van der Waals surface area contributed by atoms with Crippen molar-refractivity contribution in [1.82, 2.24) is 4.90 Å². The molecule has 1 amide bonds. The molecule has 0 aliphatic rings. The molecule has 4 heteroatoms. The molecule has 0 aliphatic carbocycles. The summed E-state index contributed by atoms with van der Waals surface area (Å²) in [5, 5.41) is 0. The predicted octanol–water partition coefficient (Wildman–Crippen LogP) is 5.65. The molecule has 0 saturated carbocycles. The Morgan fingerprint density at radius 1 is 0.966 bits per heavy atom. The first kappa shape index (κ1) is 22.8. The van der Waals surface area contributed by atoms with Crippen LogP contribution in [0.25, 0.3) is 0 Å². The minimum absolute atomic E-state index is 0.0667. The third kappa shape index (κ3) is 6.52. The summed E-state index contributed by atoms with van der Waals surface area (Å²) in [6, 6.07) is 16.1. The lowest BCUT2D eigenvalue weighted by molar-refractivity contribution is -0.131. The second-order valence-electron chi connectivity index (χ2n) is 7.62. The first-order valence-corrected chi connectivity index (χ1v) is 10.7. The summed E-state index contributed by atoms with van der Waals surface area (Å²) in [7, 11) is 1.68. The molecule has 0 unspecified atom stereocenters. The van der Waals surface area contributed by atoms with Gasteiger partial charge in [0.1, 0.15) is 11.5 Å². The van der Waals surface area contributed by atoms with Gasteiger partial charge in [0, 0.05) is 31.0 Å². The number of hydrogen-bond acceptors (Lipinski definition) is 3. The second kappa shape index (κ2) is 11.5. The van der Waals surface area contributed by atoms with Crippen molar-refractivity contribution in [2.45, 2.75) is 59.0 Å². The van der Waals surface area contributed by atoms with Gasteiger partial charge >= 0.3 is 0 Å². The first-order chi connectivity index (χ1) is 14.0. The van der Waals surface area contributed by atoms with Crippen LogP contribution in [0.2, 0.25) is 0 Å². The fraction of sp³-hybridized carbons (Fsp3) is 0.480. The minimum atomic E-state index is -0.0667. The summed E-state index contributed by atoms with van der Waals surface area (Å²) in [6.45, 7) is 9.85. The van der Waals surface area contributed by atoms with Crippen molar-refractivity contribution >= 4 is 5.91 Å². The lowest BCUT2D eigenvalue weighted by Crippen LogP contribution is -2.33. The number of nitrogens with zero attached hydrogens (tertiary/aromatic N) is 1. The number of methoxy groups -OCH3 is 1. The third-order valence-corrected chi connectivity index (χ3v) is 4.89. The number of hydrogen-bond donors (Lipinski definition) is 0. The fourth-order valence-corrected chi connectivity index (χ4v) is 3.62. The van der Waals surface area contributed by atoms with Crippen LogP contribution in [0.4, 0.5) is 0 Å². The average molecular weight is 398 g/mol. The molecule has 2 rings (SSSR count). The summed E-state index contributed by atoms with van der Waals surface area (Å²) in [5.41, 5.74) is 2.13. The monoisotopic (exact) mass is 397 g/mol. The predicted molar refractivity (Wildman–Crippen MR) is 119 cm³/mol. The van der Waals surface area contributed by atoms with E-state index in [1.807, 2.05) is 49.1 Å². The topological polar surface area (TPSA) is 38.8 Å². The molecule has 0 saturated heterocycles. The zero-order valence-electron chi connectivity index (χ0n) is 18.5. The fourth-order valence-electron chi connectivity index (χ4n) is 3.62. The van der Waals surface area contributed by atoms with Crippen molar-refractivity contribution in [3.05, 3.63) is 59.7 Å². The molecule has 158 valence electrons. The van der Waals surface area contributed by atoms with E-state index < -0.39 is 0 Å². The van der Waals surface area contributed by atoms with Crippen LogP contribution in [-0.4, -0.2) is 37.1 Å². The van der Waals surface area contributed by atoms with Gasteiger partial charge in [-0.2, -0.15) is 0 Å². The van der Waals surface area contributed by atoms with E-state index in [2.05, 4.69) is 32.0 Å². The molecule has 0 aliphatic heterocycles. The van der Waals surface area contributed by atoms with Gasteiger partial charge in [0.2, 0.25) is 5.91 Å². The van der Waals surface area contributed by atoms with E-state index in [4.69, 9.17) is 9.47 Å². The molecule has 2 aromatic carbocycles. The van der Waals surface area contributed by atoms with E-state index in [-0.39, 0.29) is 17.9 Å². The number of ether oxygens (including phenoxy) is 2. The molecule has 0 heterocycles. The lowest BCUT2D eigenvalue weighted by Gasteiger charge is -2.26. The highest BCUT2D eigenvalue weighted by atomic mass is 16.5. The summed E-state index contributed by atoms with van der Waals surface area (Å²) in [6.07, 6.45) is 2.48. The van der Waals surface area contributed by atoms with Gasteiger partial charge in [-0.3, -0.25) is 4.79 Å². The molecule has 0 spiro atoms. The van der Waals surface area contributed by atoms with Gasteiger partial charge in [0.25, 0.3) is 0 Å². The first-order valence-electron chi connectivity index (χ1n) is 10.7. The maximum Gasteiger partial charge on any atom is 0.223 e. The zero-order chi connectivity index (χ0) is 21.2. The largest absolute Gasteiger partial charge is 0.496 e. The van der Waals surface area contributed by atoms with Crippen molar-refractivity contribution in [3.8, 4) is 11.5 Å². The van der Waals surface area contributed by atoms with Crippen molar-refractivity contribution < 1.29 is 14.3 Å². The van der Waals surface area contributed by atoms with E-state index in [1.54, 1.807) is 7.11 Å². The van der Waals surface area contributed by atoms with Crippen molar-refractivity contribution in [3.63, 3.8) is 0 Å². The van der Waals surface area contributed by atoms with Crippen LogP contribution in [0.1, 0.15) is 64.0 Å². The Morgan fingerprint density at radius 2 is 1.59 bits per heavy atom. The maximum absolute atomic E-state index is 13.2. The molecule has 4 nitrogen and oxygen atoms in total. The standard InChI is InChI=1S/C25H35NO3/c1-6-16-26(17-7-2)25(27)18-23(22-10-8-9-11-24(22)28-5)20-12-14-21(15-13-20)29-19(3)4/h8-15,19,23H,6-7,16-18H2,1-5H3/t23-/m0/s1. The molecule has 0 bridgehead atoms. The highest BCUT2D eigenvalue weighted by molar-refractivity contribution is 5.78. The number of carbonyl (C=O) groups is 1. The molecule has 0 fully saturated rings. The van der Waals surface area contributed by atoms with Crippen LogP contribution in [-0.2, 0) is 4.79 Å². The van der Waals surface area contributed by atoms with E-state index in [0.29, 0.717) is 6.42 Å². The number of para-hydroxylation sites is 1. The quantitative estimate of drug-likeness (QED) is 0.491. The van der Waals surface area contributed by atoms with Gasteiger partial charge in [-0.1, -0.05) is 44.2 Å². The summed E-state index contributed by atoms with van der Waals surface area (Å²) >= 11 is 0. The van der Waals surface area contributed by atoms with Gasteiger partial charge in [0.05, 0.1) is 13.2 Å². The van der Waals surface area contributed by atoms with Crippen LogP contribution in [0.3, 0.4) is 0 Å². The number of benzene rings is 2. The Balaban J connectivity index is 2.37. The SMILES string of the molecule is CCCN(CCC)C(=O)C[C@@H](c1ccc(OC(C)C)cc1)c1ccccc1OC. The highest BCUT2D eigenvalue weighted by Crippen LogP contribution is 2.35. The van der Waals surface area contributed by atoms with Crippen LogP contribution in [0.15, 0.2) is 48.5 Å². The van der Waals surface area contributed by atoms with Crippen LogP contribution >= 0.6 is 0 Å². The summed E-state index contributed by atoms with van der Waals surface area (Å²) in [4.78, 5) is 15.1. The van der Waals surface area contributed by atoms with E-state index in [0.717, 1.165) is 48.6 Å². The molecule has 2 aromatic rings. The zero-order valence-corrected chi connectivity index (χ0v) is 18.5. The maximum atomic E-state index is 13.2. The molecule has 0 radical (unpaired) electrons. The Labute approximate surface area is 175 Å². The van der Waals surface area contributed by atoms with E-state index in [9.17, 15) is 4.79 Å². The van der Waals surface area contributed by atoms with Crippen LogP contribution in [0, 0.1) is 0 Å². The molecular weight excluding hydrogens is 362 g/mol. The molecule has 0 N–H and O–H groups in total. The number of amides is 1. The van der Waals surface area contributed by atoms with Crippen LogP contribution in [0.5, 0.6) is 11.5 Å². The van der Waals surface area contributed by atoms with Gasteiger partial charge < -0.3 is 14.4 Å². The molecule has 1 atom stereocenters. The van der Waals surface area contributed by atoms with E-state index in [1.165, 1.54) is 0 Å². The second-order valence-corrected chi connectivity index (χ2v) is 7.62. The number of carbonyl (C=O) groups excluding carboxylic acids is 1. The molecule has 0 aromatic heterocycles. The Morgan fingerprint density at radius 3 is 2.14 bits per heavy atom. The Kier molecular flexibility index (Phi) is 9.04. The number of rotatable bonds is 11. The minimum Gasteiger partial charge on any atom is -0.496 e.